The molecule has 5 aliphatic rings. The van der Waals surface area contributed by atoms with Crippen LogP contribution in [-0.4, -0.2) is 43.0 Å². The second kappa shape index (κ2) is 7.93. The van der Waals surface area contributed by atoms with Gasteiger partial charge in [-0.1, -0.05) is 20.3 Å². The van der Waals surface area contributed by atoms with Gasteiger partial charge in [-0.3, -0.25) is 9.69 Å². The molecular formula is C26H43NO2. The number of hydrogen-bond donors (Lipinski definition) is 0. The number of ketones is 1. The summed E-state index contributed by atoms with van der Waals surface area (Å²) in [7, 11) is 0. The molecule has 3 nitrogen and oxygen atoms in total. The van der Waals surface area contributed by atoms with Gasteiger partial charge in [-0.25, -0.2) is 0 Å². The molecule has 0 N–H and O–H groups in total. The van der Waals surface area contributed by atoms with Crippen LogP contribution in [0.1, 0.15) is 78.6 Å². The van der Waals surface area contributed by atoms with Crippen molar-refractivity contribution in [2.75, 3.05) is 26.3 Å². The zero-order valence-electron chi connectivity index (χ0n) is 19.1. The fourth-order valence-corrected chi connectivity index (χ4v) is 8.92. The number of carbonyl (C=O) groups is 1. The maximum Gasteiger partial charge on any atom is 0.150 e. The Morgan fingerprint density at radius 1 is 1.00 bits per heavy atom. The molecule has 0 bridgehead atoms. The Labute approximate surface area is 178 Å². The molecule has 164 valence electrons. The normalized spacial score (nSPS) is 50.4. The maximum atomic E-state index is 13.5. The highest BCUT2D eigenvalue weighted by atomic mass is 16.5. The van der Waals surface area contributed by atoms with Gasteiger partial charge in [0.25, 0.3) is 0 Å². The molecule has 0 aromatic carbocycles. The molecule has 1 aliphatic heterocycles. The number of rotatable bonds is 3. The van der Waals surface area contributed by atoms with E-state index in [-0.39, 0.29) is 5.41 Å². The smallest absolute Gasteiger partial charge is 0.150 e. The number of nitrogens with zero attached hydrogens (tertiary/aromatic N) is 1. The Morgan fingerprint density at radius 3 is 2.66 bits per heavy atom. The van der Waals surface area contributed by atoms with Crippen molar-refractivity contribution in [1.82, 2.24) is 4.90 Å². The van der Waals surface area contributed by atoms with E-state index in [0.717, 1.165) is 61.7 Å². The van der Waals surface area contributed by atoms with Gasteiger partial charge in [0.2, 0.25) is 0 Å². The van der Waals surface area contributed by atoms with Crippen molar-refractivity contribution in [2.45, 2.75) is 84.6 Å². The first-order chi connectivity index (χ1) is 14.0. The molecule has 3 heteroatoms. The van der Waals surface area contributed by atoms with Gasteiger partial charge in [0.1, 0.15) is 5.78 Å². The van der Waals surface area contributed by atoms with Crippen molar-refractivity contribution in [1.29, 1.82) is 0 Å². The van der Waals surface area contributed by atoms with Crippen molar-refractivity contribution in [2.24, 2.45) is 46.8 Å². The molecular weight excluding hydrogens is 358 g/mol. The van der Waals surface area contributed by atoms with E-state index in [1.54, 1.807) is 0 Å². The van der Waals surface area contributed by atoms with E-state index >= 15 is 0 Å². The van der Waals surface area contributed by atoms with E-state index in [0.29, 0.717) is 24.3 Å². The van der Waals surface area contributed by atoms with Gasteiger partial charge in [-0.2, -0.15) is 0 Å². The SMILES string of the molecule is CC1CCC2C(CCC3C2CCC2(C)C(C(=O)CN4CCOCC4C)CCC32)C1. The molecule has 1 saturated heterocycles. The van der Waals surface area contributed by atoms with Crippen LogP contribution >= 0.6 is 0 Å². The molecule has 9 atom stereocenters. The number of morpholine rings is 1. The van der Waals surface area contributed by atoms with Crippen molar-refractivity contribution < 1.29 is 9.53 Å². The minimum absolute atomic E-state index is 0.280. The molecule has 5 fully saturated rings. The fraction of sp³-hybridized carbons (Fsp3) is 0.962. The van der Waals surface area contributed by atoms with Crippen molar-refractivity contribution in [3.8, 4) is 0 Å². The van der Waals surface area contributed by atoms with Crippen LogP contribution in [0.4, 0.5) is 0 Å². The summed E-state index contributed by atoms with van der Waals surface area (Å²) in [6.07, 6.45) is 12.6. The highest BCUT2D eigenvalue weighted by molar-refractivity contribution is 5.84. The lowest BCUT2D eigenvalue weighted by Crippen LogP contribution is -2.51. The Balaban J connectivity index is 1.28. The van der Waals surface area contributed by atoms with Crippen molar-refractivity contribution in [3.63, 3.8) is 0 Å². The Bertz CT molecular complexity index is 620. The van der Waals surface area contributed by atoms with Crippen LogP contribution in [0.15, 0.2) is 0 Å². The summed E-state index contributed by atoms with van der Waals surface area (Å²) < 4.78 is 5.58. The summed E-state index contributed by atoms with van der Waals surface area (Å²) in [5.41, 5.74) is 0.280. The van der Waals surface area contributed by atoms with Gasteiger partial charge < -0.3 is 4.74 Å². The topological polar surface area (TPSA) is 29.5 Å². The van der Waals surface area contributed by atoms with Gasteiger partial charge in [-0.05, 0) is 99.2 Å². The van der Waals surface area contributed by atoms with Crippen LogP contribution in [0.3, 0.4) is 0 Å². The molecule has 0 radical (unpaired) electrons. The Kier molecular flexibility index (Phi) is 5.60. The molecule has 0 aromatic rings. The van der Waals surface area contributed by atoms with Crippen LogP contribution in [0, 0.1) is 46.8 Å². The van der Waals surface area contributed by atoms with Crippen molar-refractivity contribution in [3.05, 3.63) is 0 Å². The van der Waals surface area contributed by atoms with Gasteiger partial charge >= 0.3 is 0 Å². The zero-order chi connectivity index (χ0) is 20.2. The molecule has 9 unspecified atom stereocenters. The minimum atomic E-state index is 0.280. The summed E-state index contributed by atoms with van der Waals surface area (Å²) in [6.45, 7) is 10.3. The molecule has 0 aromatic heterocycles. The second-order valence-electron chi connectivity index (χ2n) is 11.9. The average molecular weight is 402 g/mol. The van der Waals surface area contributed by atoms with Gasteiger partial charge in [0, 0.05) is 18.5 Å². The van der Waals surface area contributed by atoms with Gasteiger partial charge in [0.15, 0.2) is 0 Å². The van der Waals surface area contributed by atoms with Gasteiger partial charge in [-0.15, -0.1) is 0 Å². The van der Waals surface area contributed by atoms with E-state index in [9.17, 15) is 4.79 Å². The number of hydrogen-bond acceptors (Lipinski definition) is 3. The second-order valence-corrected chi connectivity index (χ2v) is 11.9. The molecule has 4 saturated carbocycles. The summed E-state index contributed by atoms with van der Waals surface area (Å²) in [6, 6.07) is 0.386. The Hall–Kier alpha value is -0.410. The number of ether oxygens (including phenoxy) is 1. The quantitative estimate of drug-likeness (QED) is 0.652. The van der Waals surface area contributed by atoms with E-state index in [1.807, 2.05) is 0 Å². The molecule has 5 rings (SSSR count). The molecule has 1 heterocycles. The summed E-state index contributed by atoms with van der Waals surface area (Å²) in [5, 5.41) is 0. The maximum absolute atomic E-state index is 13.5. The van der Waals surface area contributed by atoms with Crippen LogP contribution in [0.25, 0.3) is 0 Å². The predicted molar refractivity (Wildman–Crippen MR) is 117 cm³/mol. The minimum Gasteiger partial charge on any atom is -0.379 e. The first-order valence-corrected chi connectivity index (χ1v) is 12.8. The molecule has 29 heavy (non-hydrogen) atoms. The van der Waals surface area contributed by atoms with E-state index in [2.05, 4.69) is 25.7 Å². The first-order valence-electron chi connectivity index (χ1n) is 12.8. The van der Waals surface area contributed by atoms with Gasteiger partial charge in [0.05, 0.1) is 19.8 Å². The number of carbonyl (C=O) groups excluding carboxylic acids is 1. The molecule has 0 amide bonds. The van der Waals surface area contributed by atoms with Crippen LogP contribution in [-0.2, 0) is 9.53 Å². The highest BCUT2D eigenvalue weighted by Crippen LogP contribution is 2.64. The lowest BCUT2D eigenvalue weighted by molar-refractivity contribution is -0.133. The van der Waals surface area contributed by atoms with Crippen molar-refractivity contribution >= 4 is 5.78 Å². The average Bonchev–Trinajstić information content (AvgIpc) is 3.06. The summed E-state index contributed by atoms with van der Waals surface area (Å²) in [5.74, 6) is 6.56. The fourth-order valence-electron chi connectivity index (χ4n) is 8.92. The molecule has 4 aliphatic carbocycles. The third-order valence-corrected chi connectivity index (χ3v) is 10.5. The number of Topliss-reactive ketones (excluding diaryl/α,β-unsaturated/α-hetero) is 1. The largest absolute Gasteiger partial charge is 0.379 e. The molecule has 0 spiro atoms. The predicted octanol–water partition coefficient (Wildman–Crippen LogP) is 5.18. The van der Waals surface area contributed by atoms with E-state index in [1.165, 1.54) is 51.4 Å². The monoisotopic (exact) mass is 401 g/mol. The Morgan fingerprint density at radius 2 is 1.83 bits per heavy atom. The van der Waals surface area contributed by atoms with Crippen LogP contribution in [0.2, 0.25) is 0 Å². The first kappa shape index (κ1) is 20.5. The number of fused-ring (bicyclic) bond motifs is 5. The third-order valence-electron chi connectivity index (χ3n) is 10.5. The highest BCUT2D eigenvalue weighted by Gasteiger charge is 2.58. The summed E-state index contributed by atoms with van der Waals surface area (Å²) >= 11 is 0. The van der Waals surface area contributed by atoms with E-state index in [4.69, 9.17) is 4.74 Å². The van der Waals surface area contributed by atoms with Crippen LogP contribution < -0.4 is 0 Å². The lowest BCUT2D eigenvalue weighted by atomic mass is 9.49. The van der Waals surface area contributed by atoms with E-state index < -0.39 is 0 Å². The zero-order valence-corrected chi connectivity index (χ0v) is 19.1. The third kappa shape index (κ3) is 3.53. The lowest BCUT2D eigenvalue weighted by Gasteiger charge is -2.56. The standard InChI is InChI=1S/C26H43NO2/c1-17-4-6-20-19(14-17)5-7-22-21(20)10-11-26(3)23(22)8-9-24(26)25(28)15-27-12-13-29-16-18(27)2/h17-24H,4-16H2,1-3H3. The summed E-state index contributed by atoms with van der Waals surface area (Å²) in [4.78, 5) is 15.8. The van der Waals surface area contributed by atoms with Crippen LogP contribution in [0.5, 0.6) is 0 Å².